The highest BCUT2D eigenvalue weighted by molar-refractivity contribution is 6.87. The monoisotopic (exact) mass is 298 g/mol. The molecule has 19 heavy (non-hydrogen) atoms. The van der Waals surface area contributed by atoms with E-state index >= 15 is 0 Å². The van der Waals surface area contributed by atoms with Crippen molar-refractivity contribution in [3.63, 3.8) is 0 Å². The Morgan fingerprint density at radius 2 is 1.74 bits per heavy atom. The fraction of sp³-hybridized carbons (Fsp3) is 0.667. The minimum Gasteiger partial charge on any atom is -0.504 e. The van der Waals surface area contributed by atoms with Crippen LogP contribution in [0.1, 0.15) is 20.3 Å². The van der Waals surface area contributed by atoms with Crippen molar-refractivity contribution in [1.29, 1.82) is 0 Å². The first-order valence-electron chi connectivity index (χ1n) is 6.99. The van der Waals surface area contributed by atoms with Crippen LogP contribution in [0.15, 0.2) is 23.6 Å². The zero-order valence-electron chi connectivity index (χ0n) is 13.7. The van der Waals surface area contributed by atoms with Crippen LogP contribution in [0.5, 0.6) is 0 Å². The molecule has 0 amide bonds. The van der Waals surface area contributed by atoms with Crippen molar-refractivity contribution in [3.8, 4) is 0 Å². The molecular weight excluding hydrogens is 268 g/mol. The van der Waals surface area contributed by atoms with E-state index in [1.165, 1.54) is 11.2 Å². The summed E-state index contributed by atoms with van der Waals surface area (Å²) in [5, 5.41) is 1.39. The van der Waals surface area contributed by atoms with Crippen molar-refractivity contribution < 1.29 is 9.53 Å². The highest BCUT2D eigenvalue weighted by Crippen LogP contribution is 2.24. The SMILES string of the molecule is C=C(C[Si](C)(C)C)[Si](C)(C)CO/C=C(\C)C(=O)CC. The van der Waals surface area contributed by atoms with E-state index in [9.17, 15) is 4.79 Å². The van der Waals surface area contributed by atoms with Crippen LogP contribution >= 0.6 is 0 Å². The molecular formula is C15H30O2Si2. The number of carbonyl (C=O) groups is 1. The molecule has 0 aromatic heterocycles. The number of rotatable bonds is 8. The third-order valence-electron chi connectivity index (χ3n) is 3.17. The molecule has 0 aromatic carbocycles. The van der Waals surface area contributed by atoms with Gasteiger partial charge in [-0.1, -0.05) is 44.9 Å². The molecule has 0 bridgehead atoms. The van der Waals surface area contributed by atoms with Gasteiger partial charge in [0.15, 0.2) is 5.78 Å². The summed E-state index contributed by atoms with van der Waals surface area (Å²) in [7, 11) is -2.67. The average molecular weight is 299 g/mol. The molecule has 0 aliphatic carbocycles. The number of carbonyl (C=O) groups excluding carboxylic acids is 1. The third kappa shape index (κ3) is 7.52. The van der Waals surface area contributed by atoms with Crippen molar-refractivity contribution in [3.05, 3.63) is 23.6 Å². The van der Waals surface area contributed by atoms with Crippen LogP contribution in [-0.2, 0) is 9.53 Å². The van der Waals surface area contributed by atoms with Gasteiger partial charge in [0.25, 0.3) is 0 Å². The van der Waals surface area contributed by atoms with E-state index in [0.717, 1.165) is 0 Å². The Labute approximate surface area is 121 Å². The fourth-order valence-electron chi connectivity index (χ4n) is 1.70. The lowest BCUT2D eigenvalue weighted by molar-refractivity contribution is -0.115. The fourth-order valence-corrected chi connectivity index (χ4v) is 7.19. The predicted molar refractivity (Wildman–Crippen MR) is 89.8 cm³/mol. The number of Topliss-reactive ketones (excluding diaryl/α,β-unsaturated/α-hetero) is 1. The third-order valence-corrected chi connectivity index (χ3v) is 7.99. The second-order valence-electron chi connectivity index (χ2n) is 7.11. The molecule has 0 radical (unpaired) electrons. The second-order valence-corrected chi connectivity index (χ2v) is 17.4. The van der Waals surface area contributed by atoms with E-state index in [0.29, 0.717) is 18.2 Å². The zero-order valence-corrected chi connectivity index (χ0v) is 15.7. The molecule has 0 unspecified atom stereocenters. The molecule has 0 heterocycles. The molecule has 0 fully saturated rings. The molecule has 0 spiro atoms. The molecule has 110 valence electrons. The van der Waals surface area contributed by atoms with E-state index in [2.05, 4.69) is 39.3 Å². The number of ketones is 1. The smallest absolute Gasteiger partial charge is 0.161 e. The number of hydrogen-bond donors (Lipinski definition) is 0. The Hall–Kier alpha value is -0.616. The van der Waals surface area contributed by atoms with Gasteiger partial charge in [-0.2, -0.15) is 0 Å². The number of allylic oxidation sites excluding steroid dienone is 2. The molecule has 4 heteroatoms. The van der Waals surface area contributed by atoms with Gasteiger partial charge in [0.2, 0.25) is 0 Å². The molecule has 0 aliphatic heterocycles. The van der Waals surface area contributed by atoms with Crippen LogP contribution in [0.25, 0.3) is 0 Å². The summed E-state index contributed by atoms with van der Waals surface area (Å²) in [6.07, 6.45) is 2.88. The summed E-state index contributed by atoms with van der Waals surface area (Å²) in [4.78, 5) is 11.4. The van der Waals surface area contributed by atoms with Gasteiger partial charge in [-0.05, 0) is 13.0 Å². The summed E-state index contributed by atoms with van der Waals surface area (Å²) >= 11 is 0. The van der Waals surface area contributed by atoms with Gasteiger partial charge in [0.1, 0.15) is 8.07 Å². The summed E-state index contributed by atoms with van der Waals surface area (Å²) in [5.74, 6) is 0.153. The molecule has 0 aliphatic rings. The van der Waals surface area contributed by atoms with Crippen LogP contribution in [0.4, 0.5) is 0 Å². The van der Waals surface area contributed by atoms with Crippen molar-refractivity contribution in [2.24, 2.45) is 0 Å². The van der Waals surface area contributed by atoms with Crippen LogP contribution < -0.4 is 0 Å². The first kappa shape index (κ1) is 18.4. The topological polar surface area (TPSA) is 26.3 Å². The van der Waals surface area contributed by atoms with Crippen LogP contribution in [0.2, 0.25) is 38.8 Å². The van der Waals surface area contributed by atoms with Gasteiger partial charge in [-0.3, -0.25) is 4.79 Å². The summed E-state index contributed by atoms with van der Waals surface area (Å²) in [5.41, 5.74) is 0.711. The minimum absolute atomic E-state index is 0.153. The van der Waals surface area contributed by atoms with Crippen LogP contribution in [0, 0.1) is 0 Å². The van der Waals surface area contributed by atoms with Crippen molar-refractivity contribution in [2.75, 3.05) is 6.23 Å². The summed E-state index contributed by atoms with van der Waals surface area (Å²) in [6, 6.07) is 1.17. The Morgan fingerprint density at radius 3 is 2.16 bits per heavy atom. The lowest BCUT2D eigenvalue weighted by Crippen LogP contribution is -2.38. The van der Waals surface area contributed by atoms with E-state index in [1.807, 2.05) is 13.8 Å². The molecule has 0 aromatic rings. The molecule has 0 N–H and O–H groups in total. The Balaban J connectivity index is 4.47. The van der Waals surface area contributed by atoms with E-state index in [1.54, 1.807) is 6.26 Å². The van der Waals surface area contributed by atoms with Gasteiger partial charge in [-0.25, -0.2) is 0 Å². The normalized spacial score (nSPS) is 13.3. The first-order valence-corrected chi connectivity index (χ1v) is 13.9. The second kappa shape index (κ2) is 7.24. The molecule has 0 saturated carbocycles. The highest BCUT2D eigenvalue weighted by Gasteiger charge is 2.29. The van der Waals surface area contributed by atoms with Crippen LogP contribution in [0.3, 0.4) is 0 Å². The average Bonchev–Trinajstić information content (AvgIpc) is 2.25. The van der Waals surface area contributed by atoms with E-state index in [-0.39, 0.29) is 5.78 Å². The number of ether oxygens (including phenoxy) is 1. The molecule has 0 atom stereocenters. The summed E-state index contributed by atoms with van der Waals surface area (Å²) < 4.78 is 5.65. The quantitative estimate of drug-likeness (QED) is 0.373. The van der Waals surface area contributed by atoms with Gasteiger partial charge in [-0.15, -0.1) is 6.58 Å². The standard InChI is InChI=1S/C15H30O2Si2/c1-9-15(16)13(2)10-17-12-19(7,8)14(3)11-18(4,5)6/h10H,3,9,11-12H2,1-2,4-8H3/b13-10+. The number of hydrogen-bond acceptors (Lipinski definition) is 2. The maximum Gasteiger partial charge on any atom is 0.161 e. The first-order chi connectivity index (χ1) is 8.49. The van der Waals surface area contributed by atoms with E-state index < -0.39 is 16.1 Å². The molecule has 0 saturated heterocycles. The maximum atomic E-state index is 11.4. The van der Waals surface area contributed by atoms with Gasteiger partial charge in [0, 0.05) is 20.1 Å². The predicted octanol–water partition coefficient (Wildman–Crippen LogP) is 4.57. The van der Waals surface area contributed by atoms with Crippen molar-refractivity contribution >= 4 is 21.9 Å². The van der Waals surface area contributed by atoms with Crippen molar-refractivity contribution in [1.82, 2.24) is 0 Å². The highest BCUT2D eigenvalue weighted by atomic mass is 28.3. The maximum absolute atomic E-state index is 11.4. The van der Waals surface area contributed by atoms with Gasteiger partial charge < -0.3 is 4.74 Å². The largest absolute Gasteiger partial charge is 0.504 e. The van der Waals surface area contributed by atoms with Gasteiger partial charge >= 0.3 is 0 Å². The minimum atomic E-state index is -1.57. The zero-order chi connectivity index (χ0) is 15.3. The summed E-state index contributed by atoms with van der Waals surface area (Å²) in [6.45, 7) is 19.7. The Bertz CT molecular complexity index is 363. The lowest BCUT2D eigenvalue weighted by atomic mass is 10.2. The van der Waals surface area contributed by atoms with Crippen LogP contribution in [-0.4, -0.2) is 28.2 Å². The molecule has 2 nitrogen and oxygen atoms in total. The Morgan fingerprint density at radius 1 is 1.21 bits per heavy atom. The van der Waals surface area contributed by atoms with E-state index in [4.69, 9.17) is 4.74 Å². The lowest BCUT2D eigenvalue weighted by Gasteiger charge is -2.28. The Kier molecular flexibility index (Phi) is 7.01. The van der Waals surface area contributed by atoms with Gasteiger partial charge in [0.05, 0.1) is 12.5 Å². The van der Waals surface area contributed by atoms with Crippen molar-refractivity contribution in [2.45, 2.75) is 59.0 Å². The molecule has 0 rings (SSSR count).